The minimum atomic E-state index is 0.0264. The molecule has 0 bridgehead atoms. The molecule has 31 heavy (non-hydrogen) atoms. The molecule has 1 nitrogen and oxygen atoms in total. The largest absolute Gasteiger partial charge is 0.198 e. The van der Waals surface area contributed by atoms with Gasteiger partial charge in [-0.1, -0.05) is 38.7 Å². The van der Waals surface area contributed by atoms with Gasteiger partial charge in [0, 0.05) is 0 Å². The zero-order valence-electron chi connectivity index (χ0n) is 20.5. The van der Waals surface area contributed by atoms with E-state index in [0.29, 0.717) is 5.92 Å². The first-order valence-electron chi connectivity index (χ1n) is 14.2. The minimum absolute atomic E-state index is 0.0264. The fourth-order valence-electron chi connectivity index (χ4n) is 8.59. The van der Waals surface area contributed by atoms with Gasteiger partial charge in [0.05, 0.1) is 11.5 Å². The molecule has 0 aromatic rings. The summed E-state index contributed by atoms with van der Waals surface area (Å²) >= 11 is 0. The van der Waals surface area contributed by atoms with Crippen molar-refractivity contribution >= 4 is 0 Å². The van der Waals surface area contributed by atoms with Crippen LogP contribution in [0.4, 0.5) is 0 Å². The van der Waals surface area contributed by atoms with E-state index in [1.54, 1.807) is 0 Å². The molecule has 0 unspecified atom stereocenters. The van der Waals surface area contributed by atoms with E-state index < -0.39 is 0 Å². The van der Waals surface area contributed by atoms with Gasteiger partial charge in [0.15, 0.2) is 0 Å². The van der Waals surface area contributed by atoms with Gasteiger partial charge >= 0.3 is 0 Å². The van der Waals surface area contributed by atoms with Crippen LogP contribution in [0.25, 0.3) is 0 Å². The lowest BCUT2D eigenvalue weighted by Gasteiger charge is -2.46. The number of rotatable bonds is 6. The summed E-state index contributed by atoms with van der Waals surface area (Å²) in [7, 11) is 0. The molecule has 0 heterocycles. The van der Waals surface area contributed by atoms with Gasteiger partial charge in [0.1, 0.15) is 0 Å². The van der Waals surface area contributed by atoms with E-state index in [9.17, 15) is 5.26 Å². The molecule has 0 atom stereocenters. The smallest absolute Gasteiger partial charge is 0.0692 e. The molecule has 4 saturated carbocycles. The molecular weight excluding hydrogens is 374 g/mol. The zero-order valence-corrected chi connectivity index (χ0v) is 20.5. The van der Waals surface area contributed by atoms with Gasteiger partial charge in [0.2, 0.25) is 0 Å². The lowest BCUT2D eigenvalue weighted by molar-refractivity contribution is 0.0499. The molecule has 0 amide bonds. The number of hydrogen-bond acceptors (Lipinski definition) is 1. The highest BCUT2D eigenvalue weighted by atomic mass is 14.5. The highest BCUT2D eigenvalue weighted by Crippen LogP contribution is 2.53. The van der Waals surface area contributed by atoms with Crippen LogP contribution in [-0.2, 0) is 0 Å². The first kappa shape index (κ1) is 23.4. The van der Waals surface area contributed by atoms with Crippen molar-refractivity contribution in [3.8, 4) is 6.07 Å². The average molecular weight is 424 g/mol. The predicted molar refractivity (Wildman–Crippen MR) is 131 cm³/mol. The number of hydrogen-bond donors (Lipinski definition) is 0. The second kappa shape index (κ2) is 10.9. The Bertz CT molecular complexity index is 582. The first-order valence-corrected chi connectivity index (χ1v) is 14.2. The molecule has 0 aliphatic heterocycles. The van der Waals surface area contributed by atoms with Crippen molar-refractivity contribution < 1.29 is 0 Å². The van der Waals surface area contributed by atoms with Crippen LogP contribution in [0.3, 0.4) is 0 Å². The molecule has 4 fully saturated rings. The summed E-state index contributed by atoms with van der Waals surface area (Å²) in [5.74, 6) is 6.33. The van der Waals surface area contributed by atoms with E-state index >= 15 is 0 Å². The van der Waals surface area contributed by atoms with Crippen molar-refractivity contribution in [1.29, 1.82) is 5.26 Å². The molecular formula is C30H49N. The van der Waals surface area contributed by atoms with Crippen LogP contribution in [-0.4, -0.2) is 0 Å². The number of nitrogens with zero attached hydrogens (tertiary/aromatic N) is 1. The fraction of sp³-hybridized carbons (Fsp3) is 0.900. The van der Waals surface area contributed by atoms with E-state index in [1.165, 1.54) is 116 Å². The molecule has 0 N–H and O–H groups in total. The third kappa shape index (κ3) is 5.42. The Hall–Kier alpha value is -0.770. The Morgan fingerprint density at radius 2 is 1.23 bits per heavy atom. The van der Waals surface area contributed by atoms with Crippen LogP contribution in [0, 0.1) is 58.2 Å². The normalized spacial score (nSPS) is 44.3. The van der Waals surface area contributed by atoms with Gasteiger partial charge in [-0.25, -0.2) is 0 Å². The maximum absolute atomic E-state index is 10.3. The lowest BCUT2D eigenvalue weighted by Crippen LogP contribution is -2.38. The summed E-state index contributed by atoms with van der Waals surface area (Å²) in [6.45, 7) is 6.36. The van der Waals surface area contributed by atoms with Crippen LogP contribution in [0.5, 0.6) is 0 Å². The van der Waals surface area contributed by atoms with E-state index in [4.69, 9.17) is 0 Å². The van der Waals surface area contributed by atoms with E-state index in [0.717, 1.165) is 35.5 Å². The van der Waals surface area contributed by atoms with Crippen LogP contribution in [0.2, 0.25) is 0 Å². The maximum atomic E-state index is 10.3. The molecule has 0 radical (unpaired) electrons. The van der Waals surface area contributed by atoms with Gasteiger partial charge in [-0.15, -0.1) is 6.58 Å². The van der Waals surface area contributed by atoms with Gasteiger partial charge in [-0.3, -0.25) is 0 Å². The van der Waals surface area contributed by atoms with Crippen molar-refractivity contribution in [2.24, 2.45) is 46.8 Å². The summed E-state index contributed by atoms with van der Waals surface area (Å²) in [5.41, 5.74) is 0.0264. The molecule has 0 saturated heterocycles. The lowest BCUT2D eigenvalue weighted by atomic mass is 9.57. The monoisotopic (exact) mass is 423 g/mol. The van der Waals surface area contributed by atoms with E-state index in [2.05, 4.69) is 25.6 Å². The third-order valence-corrected chi connectivity index (χ3v) is 10.8. The van der Waals surface area contributed by atoms with Gasteiger partial charge < -0.3 is 0 Å². The second-order valence-corrected chi connectivity index (χ2v) is 12.2. The van der Waals surface area contributed by atoms with Gasteiger partial charge in [-0.05, 0) is 131 Å². The van der Waals surface area contributed by atoms with Crippen molar-refractivity contribution in [2.45, 2.75) is 122 Å². The minimum Gasteiger partial charge on any atom is -0.198 e. The van der Waals surface area contributed by atoms with Crippen molar-refractivity contribution in [1.82, 2.24) is 0 Å². The van der Waals surface area contributed by atoms with E-state index in [1.807, 2.05) is 0 Å². The van der Waals surface area contributed by atoms with Crippen LogP contribution in [0.15, 0.2) is 12.7 Å². The Balaban J connectivity index is 1.24. The molecule has 0 aromatic heterocycles. The van der Waals surface area contributed by atoms with E-state index in [-0.39, 0.29) is 5.41 Å². The zero-order chi connectivity index (χ0) is 21.7. The first-order chi connectivity index (χ1) is 15.2. The second-order valence-electron chi connectivity index (χ2n) is 12.2. The van der Waals surface area contributed by atoms with Crippen LogP contribution < -0.4 is 0 Å². The Morgan fingerprint density at radius 3 is 1.71 bits per heavy atom. The summed E-state index contributed by atoms with van der Waals surface area (Å²) in [6, 6.07) is 2.93. The number of allylic oxidation sites excluding steroid dienone is 1. The highest BCUT2D eigenvalue weighted by molar-refractivity contribution is 5.07. The van der Waals surface area contributed by atoms with Crippen molar-refractivity contribution in [3.05, 3.63) is 12.7 Å². The molecule has 174 valence electrons. The number of nitriles is 1. The molecule has 0 aromatic carbocycles. The Morgan fingerprint density at radius 1 is 0.742 bits per heavy atom. The summed E-state index contributed by atoms with van der Waals surface area (Å²) in [4.78, 5) is 0. The topological polar surface area (TPSA) is 23.8 Å². The highest BCUT2D eigenvalue weighted by Gasteiger charge is 2.45. The average Bonchev–Trinajstić information content (AvgIpc) is 2.85. The molecule has 4 aliphatic carbocycles. The summed E-state index contributed by atoms with van der Waals surface area (Å²) < 4.78 is 0. The van der Waals surface area contributed by atoms with Gasteiger partial charge in [-0.2, -0.15) is 5.26 Å². The standard InChI is InChI=1S/C30H49N/c1-3-5-24-8-12-25(13-9-24)27-14-16-29(17-15-27)30(22-31)20-18-28(19-21-30)26-10-6-23(4-2)7-11-26/h4,23-29H,2-3,5-21H2,1H3. The third-order valence-electron chi connectivity index (χ3n) is 10.8. The Labute approximate surface area is 193 Å². The molecule has 4 aliphatic rings. The quantitative estimate of drug-likeness (QED) is 0.391. The molecule has 4 rings (SSSR count). The van der Waals surface area contributed by atoms with Crippen molar-refractivity contribution in [3.63, 3.8) is 0 Å². The predicted octanol–water partition coefficient (Wildman–Crippen LogP) is 9.09. The van der Waals surface area contributed by atoms with Crippen LogP contribution in [0.1, 0.15) is 122 Å². The summed E-state index contributed by atoms with van der Waals surface area (Å²) in [6.07, 6.45) is 27.2. The molecule has 0 spiro atoms. The van der Waals surface area contributed by atoms with Gasteiger partial charge in [0.25, 0.3) is 0 Å². The SMILES string of the molecule is C=CC1CCC(C2CCC(C#N)(C3CCC(C4CCC(CCC)CC4)CC3)CC2)CC1. The Kier molecular flexibility index (Phi) is 8.22. The van der Waals surface area contributed by atoms with Crippen LogP contribution >= 0.6 is 0 Å². The summed E-state index contributed by atoms with van der Waals surface area (Å²) in [5, 5.41) is 10.3. The fourth-order valence-corrected chi connectivity index (χ4v) is 8.59. The maximum Gasteiger partial charge on any atom is 0.0692 e. The molecule has 1 heteroatoms. The van der Waals surface area contributed by atoms with Crippen molar-refractivity contribution in [2.75, 3.05) is 0 Å².